The molecule has 1 rings (SSSR count). The number of aromatic nitrogens is 2. The summed E-state index contributed by atoms with van der Waals surface area (Å²) in [5.74, 6) is 2.06. The van der Waals surface area contributed by atoms with Crippen LogP contribution in [-0.2, 0) is 0 Å². The number of nitrogens with zero attached hydrogens (tertiary/aromatic N) is 3. The van der Waals surface area contributed by atoms with Crippen LogP contribution in [0.4, 0.5) is 5.82 Å². The third-order valence-electron chi connectivity index (χ3n) is 2.83. The van der Waals surface area contributed by atoms with E-state index in [9.17, 15) is 0 Å². The van der Waals surface area contributed by atoms with Gasteiger partial charge in [0.1, 0.15) is 12.1 Å². The molecule has 3 N–H and O–H groups in total. The highest BCUT2D eigenvalue weighted by molar-refractivity contribution is 5.77. The van der Waals surface area contributed by atoms with Crippen molar-refractivity contribution in [2.45, 2.75) is 40.0 Å². The second kappa shape index (κ2) is 7.07. The molecule has 106 valence electrons. The summed E-state index contributed by atoms with van der Waals surface area (Å²) >= 11 is 0. The molecular formula is C14H25N5. The average molecular weight is 263 g/mol. The number of hydrogen-bond acceptors (Lipinski definition) is 4. The largest absolute Gasteiger partial charge is 0.388 e. The van der Waals surface area contributed by atoms with Gasteiger partial charge in [-0.25, -0.2) is 9.97 Å². The van der Waals surface area contributed by atoms with Gasteiger partial charge in [-0.3, -0.25) is 5.41 Å². The maximum absolute atomic E-state index is 7.36. The molecule has 0 spiro atoms. The standard InChI is InChI=1S/C14H25N5/c1-10(2)8-19(6-5-13(15)16)14-7-12(11(3)4)17-9-18-14/h7,9-11H,5-6,8H2,1-4H3,(H3,15,16). The SMILES string of the molecule is CC(C)CN(CCC(=N)N)c1cc(C(C)C)ncn1. The van der Waals surface area contributed by atoms with Crippen LogP contribution in [-0.4, -0.2) is 28.9 Å². The van der Waals surface area contributed by atoms with Crippen molar-refractivity contribution in [3.63, 3.8) is 0 Å². The van der Waals surface area contributed by atoms with Crippen LogP contribution in [0.1, 0.15) is 45.7 Å². The fraction of sp³-hybridized carbons (Fsp3) is 0.643. The summed E-state index contributed by atoms with van der Waals surface area (Å²) in [5, 5.41) is 7.36. The van der Waals surface area contributed by atoms with Gasteiger partial charge in [-0.2, -0.15) is 0 Å². The van der Waals surface area contributed by atoms with Gasteiger partial charge in [0.05, 0.1) is 5.84 Å². The normalized spacial score (nSPS) is 11.1. The van der Waals surface area contributed by atoms with Gasteiger partial charge in [0.15, 0.2) is 0 Å². The summed E-state index contributed by atoms with van der Waals surface area (Å²) in [6.45, 7) is 10.2. The molecule has 1 aromatic heterocycles. The molecule has 0 aromatic carbocycles. The maximum atomic E-state index is 7.36. The van der Waals surface area contributed by atoms with E-state index >= 15 is 0 Å². The Morgan fingerprint density at radius 1 is 1.32 bits per heavy atom. The van der Waals surface area contributed by atoms with E-state index in [0.29, 0.717) is 18.3 Å². The smallest absolute Gasteiger partial charge is 0.132 e. The molecule has 5 nitrogen and oxygen atoms in total. The first-order valence-electron chi connectivity index (χ1n) is 6.80. The van der Waals surface area contributed by atoms with Crippen LogP contribution in [0.2, 0.25) is 0 Å². The fourth-order valence-electron chi connectivity index (χ4n) is 1.85. The molecule has 0 bridgehead atoms. The first-order chi connectivity index (χ1) is 8.90. The topological polar surface area (TPSA) is 78.9 Å². The molecule has 19 heavy (non-hydrogen) atoms. The van der Waals surface area contributed by atoms with E-state index < -0.39 is 0 Å². The number of nitrogens with one attached hydrogen (secondary N) is 1. The minimum absolute atomic E-state index is 0.215. The van der Waals surface area contributed by atoms with Crippen molar-refractivity contribution in [2.24, 2.45) is 11.7 Å². The lowest BCUT2D eigenvalue weighted by Gasteiger charge is -2.25. The summed E-state index contributed by atoms with van der Waals surface area (Å²) in [4.78, 5) is 10.8. The monoisotopic (exact) mass is 263 g/mol. The van der Waals surface area contributed by atoms with Gasteiger partial charge < -0.3 is 10.6 Å². The molecule has 0 aliphatic carbocycles. The van der Waals surface area contributed by atoms with E-state index in [4.69, 9.17) is 11.1 Å². The number of hydrogen-bond donors (Lipinski definition) is 2. The van der Waals surface area contributed by atoms with E-state index in [1.807, 2.05) is 6.07 Å². The fourth-order valence-corrected chi connectivity index (χ4v) is 1.85. The summed E-state index contributed by atoms with van der Waals surface area (Å²) in [7, 11) is 0. The highest BCUT2D eigenvalue weighted by atomic mass is 15.2. The molecule has 0 aliphatic heterocycles. The number of rotatable bonds is 7. The zero-order chi connectivity index (χ0) is 14.4. The molecule has 1 heterocycles. The molecular weight excluding hydrogens is 238 g/mol. The van der Waals surface area contributed by atoms with E-state index in [-0.39, 0.29) is 5.84 Å². The Bertz CT molecular complexity index is 414. The molecule has 0 saturated carbocycles. The minimum Gasteiger partial charge on any atom is -0.388 e. The van der Waals surface area contributed by atoms with E-state index in [1.54, 1.807) is 6.33 Å². The van der Waals surface area contributed by atoms with Gasteiger partial charge in [-0.15, -0.1) is 0 Å². The minimum atomic E-state index is 0.215. The van der Waals surface area contributed by atoms with Crippen LogP contribution in [0.3, 0.4) is 0 Å². The Hall–Kier alpha value is -1.65. The van der Waals surface area contributed by atoms with Crippen molar-refractivity contribution in [3.8, 4) is 0 Å². The first kappa shape index (κ1) is 15.4. The highest BCUT2D eigenvalue weighted by Gasteiger charge is 2.12. The molecule has 0 fully saturated rings. The van der Waals surface area contributed by atoms with E-state index in [1.165, 1.54) is 0 Å². The second-order valence-electron chi connectivity index (χ2n) is 5.57. The maximum Gasteiger partial charge on any atom is 0.132 e. The van der Waals surface area contributed by atoms with Gasteiger partial charge in [-0.1, -0.05) is 27.7 Å². The summed E-state index contributed by atoms with van der Waals surface area (Å²) in [5.41, 5.74) is 6.49. The molecule has 0 aliphatic rings. The van der Waals surface area contributed by atoms with Gasteiger partial charge in [0.2, 0.25) is 0 Å². The Balaban J connectivity index is 2.89. The van der Waals surface area contributed by atoms with Gasteiger partial charge in [0.25, 0.3) is 0 Å². The van der Waals surface area contributed by atoms with Crippen molar-refractivity contribution >= 4 is 11.7 Å². The van der Waals surface area contributed by atoms with Crippen LogP contribution in [0.5, 0.6) is 0 Å². The Morgan fingerprint density at radius 2 is 2.00 bits per heavy atom. The third-order valence-corrected chi connectivity index (χ3v) is 2.83. The zero-order valence-corrected chi connectivity index (χ0v) is 12.3. The molecule has 0 saturated heterocycles. The summed E-state index contributed by atoms with van der Waals surface area (Å²) < 4.78 is 0. The second-order valence-corrected chi connectivity index (χ2v) is 5.57. The molecule has 5 heteroatoms. The molecule has 1 aromatic rings. The molecule has 0 amide bonds. The molecule has 0 radical (unpaired) electrons. The lowest BCUT2D eigenvalue weighted by atomic mass is 10.1. The first-order valence-corrected chi connectivity index (χ1v) is 6.80. The summed E-state index contributed by atoms with van der Waals surface area (Å²) in [6.07, 6.45) is 2.18. The van der Waals surface area contributed by atoms with Crippen molar-refractivity contribution in [2.75, 3.05) is 18.0 Å². The number of nitrogens with two attached hydrogens (primary N) is 1. The highest BCUT2D eigenvalue weighted by Crippen LogP contribution is 2.18. The van der Waals surface area contributed by atoms with Crippen LogP contribution < -0.4 is 10.6 Å². The third kappa shape index (κ3) is 5.24. The number of amidine groups is 1. The molecule has 0 unspecified atom stereocenters. The van der Waals surface area contributed by atoms with Crippen molar-refractivity contribution in [3.05, 3.63) is 18.1 Å². The van der Waals surface area contributed by atoms with Crippen molar-refractivity contribution < 1.29 is 0 Å². The molecule has 0 atom stereocenters. The Labute approximate surface area is 115 Å². The average Bonchev–Trinajstić information content (AvgIpc) is 2.34. The van der Waals surface area contributed by atoms with E-state index in [2.05, 4.69) is 42.6 Å². The van der Waals surface area contributed by atoms with E-state index in [0.717, 1.165) is 24.6 Å². The lowest BCUT2D eigenvalue weighted by Crippen LogP contribution is -2.32. The van der Waals surface area contributed by atoms with Crippen LogP contribution in [0.15, 0.2) is 12.4 Å². The van der Waals surface area contributed by atoms with Crippen molar-refractivity contribution in [1.29, 1.82) is 5.41 Å². The van der Waals surface area contributed by atoms with Crippen molar-refractivity contribution in [1.82, 2.24) is 9.97 Å². The van der Waals surface area contributed by atoms with Gasteiger partial charge >= 0.3 is 0 Å². The Kier molecular flexibility index (Phi) is 5.73. The van der Waals surface area contributed by atoms with Crippen LogP contribution >= 0.6 is 0 Å². The zero-order valence-electron chi connectivity index (χ0n) is 12.3. The Morgan fingerprint density at radius 3 is 2.53 bits per heavy atom. The van der Waals surface area contributed by atoms with Crippen LogP contribution in [0.25, 0.3) is 0 Å². The number of anilines is 1. The van der Waals surface area contributed by atoms with Gasteiger partial charge in [-0.05, 0) is 11.8 Å². The quantitative estimate of drug-likeness (QED) is 0.585. The predicted molar refractivity (Wildman–Crippen MR) is 79.7 cm³/mol. The van der Waals surface area contributed by atoms with Gasteiger partial charge in [0, 0.05) is 31.3 Å². The summed E-state index contributed by atoms with van der Waals surface area (Å²) in [6, 6.07) is 2.03. The lowest BCUT2D eigenvalue weighted by molar-refractivity contribution is 0.607. The predicted octanol–water partition coefficient (Wildman–Crippen LogP) is 2.39. The van der Waals surface area contributed by atoms with Crippen LogP contribution in [0, 0.1) is 11.3 Å².